The molecule has 1 fully saturated rings. The van der Waals surface area contributed by atoms with Gasteiger partial charge < -0.3 is 9.47 Å². The number of rotatable bonds is 6. The fraction of sp³-hybridized carbons (Fsp3) is 0.138. The first-order chi connectivity index (χ1) is 17.1. The maximum atomic E-state index is 14.2. The molecule has 0 radical (unpaired) electrons. The van der Waals surface area contributed by atoms with Gasteiger partial charge in [0.2, 0.25) is 0 Å². The molecule has 1 heterocycles. The van der Waals surface area contributed by atoms with E-state index in [1.165, 1.54) is 0 Å². The number of carbonyl (C=O) groups is 1. The Bertz CT molecular complexity index is 1290. The summed E-state index contributed by atoms with van der Waals surface area (Å²) >= 11 is 6.22. The molecule has 0 N–H and O–H groups in total. The average Bonchev–Trinajstić information content (AvgIpc) is 3.22. The summed E-state index contributed by atoms with van der Waals surface area (Å²) in [6.45, 7) is 0. The number of carbonyl (C=O) groups excluding carboxylic acids is 1. The second-order valence-electron chi connectivity index (χ2n) is 8.27. The Hall–Kier alpha value is -3.96. The average molecular weight is 485 g/mol. The van der Waals surface area contributed by atoms with Crippen molar-refractivity contribution in [1.82, 2.24) is 0 Å². The molecule has 0 unspecified atom stereocenters. The van der Waals surface area contributed by atoms with Crippen molar-refractivity contribution in [3.63, 3.8) is 0 Å². The second kappa shape index (κ2) is 9.72. The third-order valence-corrected chi connectivity index (χ3v) is 6.57. The standard InChI is InChI=1S/C29H25ClN2O3/c1-34-25-16-12-23(13-17-25)31-27(20-6-4-3-5-7-20)28(21-8-10-22(30)11-9-21)32(29(31)33)24-14-18-26(35-2)19-15-24/h3-19,27-28H,1-2H3/t27-,28+/m1/s1. The van der Waals surface area contributed by atoms with E-state index in [1.54, 1.807) is 14.2 Å². The lowest BCUT2D eigenvalue weighted by Crippen LogP contribution is -2.32. The SMILES string of the molecule is COc1ccc(N2C(=O)N(c3ccc(OC)cc3)[C@@H](c3ccc(Cl)cc3)[C@H]2c2ccccc2)cc1. The summed E-state index contributed by atoms with van der Waals surface area (Å²) in [7, 11) is 3.26. The van der Waals surface area contributed by atoms with Crippen molar-refractivity contribution in [2.75, 3.05) is 24.0 Å². The van der Waals surface area contributed by atoms with E-state index in [0.717, 1.165) is 34.0 Å². The first-order valence-corrected chi connectivity index (χ1v) is 11.7. The van der Waals surface area contributed by atoms with Gasteiger partial charge >= 0.3 is 6.03 Å². The monoisotopic (exact) mass is 484 g/mol. The number of amides is 2. The van der Waals surface area contributed by atoms with Crippen LogP contribution in [-0.2, 0) is 0 Å². The summed E-state index contributed by atoms with van der Waals surface area (Å²) < 4.78 is 10.7. The molecule has 0 bridgehead atoms. The van der Waals surface area contributed by atoms with Crippen LogP contribution < -0.4 is 19.3 Å². The third kappa shape index (κ3) is 4.31. The maximum Gasteiger partial charge on any atom is 0.330 e. The Labute approximate surface area is 210 Å². The molecule has 6 heteroatoms. The van der Waals surface area contributed by atoms with Crippen LogP contribution in [0.3, 0.4) is 0 Å². The molecule has 4 aromatic carbocycles. The predicted octanol–water partition coefficient (Wildman–Crippen LogP) is 7.29. The fourth-order valence-corrected chi connectivity index (χ4v) is 4.76. The van der Waals surface area contributed by atoms with E-state index in [0.29, 0.717) is 5.02 Å². The minimum Gasteiger partial charge on any atom is -0.497 e. The van der Waals surface area contributed by atoms with Crippen LogP contribution in [0.2, 0.25) is 5.02 Å². The first-order valence-electron chi connectivity index (χ1n) is 11.3. The molecule has 35 heavy (non-hydrogen) atoms. The minimum absolute atomic E-state index is 0.117. The van der Waals surface area contributed by atoms with Gasteiger partial charge in [-0.25, -0.2) is 4.79 Å². The highest BCUT2D eigenvalue weighted by Gasteiger charge is 2.48. The van der Waals surface area contributed by atoms with Gasteiger partial charge in [-0.3, -0.25) is 9.80 Å². The Morgan fingerprint density at radius 1 is 0.600 bits per heavy atom. The summed E-state index contributed by atoms with van der Waals surface area (Å²) in [4.78, 5) is 17.9. The molecule has 2 amide bonds. The molecule has 1 aliphatic heterocycles. The smallest absolute Gasteiger partial charge is 0.330 e. The Morgan fingerprint density at radius 2 is 1.03 bits per heavy atom. The van der Waals surface area contributed by atoms with E-state index in [2.05, 4.69) is 12.1 Å². The van der Waals surface area contributed by atoms with E-state index in [4.69, 9.17) is 21.1 Å². The van der Waals surface area contributed by atoms with E-state index in [1.807, 2.05) is 101 Å². The van der Waals surface area contributed by atoms with E-state index in [-0.39, 0.29) is 18.1 Å². The van der Waals surface area contributed by atoms with Crippen molar-refractivity contribution >= 4 is 29.0 Å². The molecule has 5 rings (SSSR count). The van der Waals surface area contributed by atoms with Crippen molar-refractivity contribution in [1.29, 1.82) is 0 Å². The van der Waals surface area contributed by atoms with Crippen molar-refractivity contribution in [2.45, 2.75) is 12.1 Å². The lowest BCUT2D eigenvalue weighted by Gasteiger charge is -2.29. The fourth-order valence-electron chi connectivity index (χ4n) is 4.64. The zero-order chi connectivity index (χ0) is 24.4. The molecular weight excluding hydrogens is 460 g/mol. The lowest BCUT2D eigenvalue weighted by atomic mass is 9.92. The summed E-state index contributed by atoms with van der Waals surface area (Å²) in [6.07, 6.45) is 0. The number of ether oxygens (including phenoxy) is 2. The topological polar surface area (TPSA) is 42.0 Å². The van der Waals surface area contributed by atoms with Crippen molar-refractivity contribution in [3.05, 3.63) is 119 Å². The maximum absolute atomic E-state index is 14.2. The molecule has 0 spiro atoms. The van der Waals surface area contributed by atoms with Crippen molar-refractivity contribution < 1.29 is 14.3 Å². The van der Waals surface area contributed by atoms with Gasteiger partial charge in [0.25, 0.3) is 0 Å². The Kier molecular flexibility index (Phi) is 6.34. The third-order valence-electron chi connectivity index (χ3n) is 6.32. The van der Waals surface area contributed by atoms with Crippen molar-refractivity contribution in [3.8, 4) is 11.5 Å². The summed E-state index contributed by atoms with van der Waals surface area (Å²) in [5.41, 5.74) is 3.60. The molecular formula is C29H25ClN2O3. The Morgan fingerprint density at radius 3 is 1.46 bits per heavy atom. The van der Waals surface area contributed by atoms with Crippen LogP contribution in [-0.4, -0.2) is 20.3 Å². The van der Waals surface area contributed by atoms with Gasteiger partial charge in [-0.15, -0.1) is 0 Å². The zero-order valence-corrected chi connectivity index (χ0v) is 20.2. The summed E-state index contributed by atoms with van der Waals surface area (Å²) in [5.74, 6) is 1.47. The van der Waals surface area contributed by atoms with Gasteiger partial charge in [0, 0.05) is 16.4 Å². The molecule has 176 valence electrons. The van der Waals surface area contributed by atoms with Gasteiger partial charge in [-0.2, -0.15) is 0 Å². The highest BCUT2D eigenvalue weighted by Crippen LogP contribution is 2.49. The van der Waals surface area contributed by atoms with Gasteiger partial charge in [-0.1, -0.05) is 54.1 Å². The first kappa shape index (κ1) is 22.8. The molecule has 1 aliphatic rings. The van der Waals surface area contributed by atoms with Gasteiger partial charge in [0.05, 0.1) is 26.3 Å². The number of nitrogens with zero attached hydrogens (tertiary/aromatic N) is 2. The van der Waals surface area contributed by atoms with Crippen LogP contribution in [0.5, 0.6) is 11.5 Å². The molecule has 1 saturated heterocycles. The molecule has 5 nitrogen and oxygen atoms in total. The second-order valence-corrected chi connectivity index (χ2v) is 8.71. The lowest BCUT2D eigenvalue weighted by molar-refractivity contribution is 0.255. The number of urea groups is 1. The molecule has 0 aliphatic carbocycles. The molecule has 4 aromatic rings. The zero-order valence-electron chi connectivity index (χ0n) is 19.5. The van der Waals surface area contributed by atoms with E-state index >= 15 is 0 Å². The van der Waals surface area contributed by atoms with Crippen LogP contribution in [0.1, 0.15) is 23.2 Å². The number of hydrogen-bond donors (Lipinski definition) is 0. The van der Waals surface area contributed by atoms with Crippen LogP contribution in [0.25, 0.3) is 0 Å². The predicted molar refractivity (Wildman–Crippen MR) is 140 cm³/mol. The van der Waals surface area contributed by atoms with Crippen molar-refractivity contribution in [2.24, 2.45) is 0 Å². The van der Waals surface area contributed by atoms with Crippen LogP contribution >= 0.6 is 11.6 Å². The van der Waals surface area contributed by atoms with Crippen LogP contribution in [0.4, 0.5) is 16.2 Å². The number of anilines is 2. The minimum atomic E-state index is -0.294. The van der Waals surface area contributed by atoms with E-state index in [9.17, 15) is 4.79 Å². The van der Waals surface area contributed by atoms with Gasteiger partial charge in [-0.05, 0) is 71.8 Å². The quantitative estimate of drug-likeness (QED) is 0.288. The van der Waals surface area contributed by atoms with Gasteiger partial charge in [0.1, 0.15) is 11.5 Å². The van der Waals surface area contributed by atoms with Crippen LogP contribution in [0, 0.1) is 0 Å². The molecule has 0 aromatic heterocycles. The number of hydrogen-bond acceptors (Lipinski definition) is 3. The van der Waals surface area contributed by atoms with E-state index < -0.39 is 0 Å². The van der Waals surface area contributed by atoms with Crippen LogP contribution in [0.15, 0.2) is 103 Å². The normalized spacial score (nSPS) is 17.5. The Balaban J connectivity index is 1.71. The molecule has 2 atom stereocenters. The molecule has 0 saturated carbocycles. The summed E-state index contributed by atoms with van der Waals surface area (Å²) in [5, 5.41) is 0.650. The van der Waals surface area contributed by atoms with Gasteiger partial charge in [0.15, 0.2) is 0 Å². The largest absolute Gasteiger partial charge is 0.497 e. The number of methoxy groups -OCH3 is 2. The number of halogens is 1. The summed E-state index contributed by atoms with van der Waals surface area (Å²) in [6, 6.07) is 32.3. The highest BCUT2D eigenvalue weighted by atomic mass is 35.5. The number of benzene rings is 4. The highest BCUT2D eigenvalue weighted by molar-refractivity contribution is 6.30.